The van der Waals surface area contributed by atoms with Gasteiger partial charge in [-0.25, -0.2) is 4.98 Å². The maximum atomic E-state index is 13.4. The largest absolute Gasteiger partial charge is 0.481 e. The molecule has 138 valence electrons. The van der Waals surface area contributed by atoms with Gasteiger partial charge in [0.15, 0.2) is 0 Å². The van der Waals surface area contributed by atoms with Crippen molar-refractivity contribution in [2.45, 2.75) is 38.1 Å². The number of aromatic nitrogens is 1. The Balaban J connectivity index is 1.98. The second kappa shape index (κ2) is 7.72. The van der Waals surface area contributed by atoms with Gasteiger partial charge in [0.2, 0.25) is 0 Å². The molecule has 1 amide bonds. The molecule has 0 bridgehead atoms. The van der Waals surface area contributed by atoms with E-state index in [2.05, 4.69) is 4.98 Å². The normalized spacial score (nSPS) is 17.3. The highest BCUT2D eigenvalue weighted by molar-refractivity contribution is 6.07. The highest BCUT2D eigenvalue weighted by Gasteiger charge is 2.29. The molecule has 6 heteroatoms. The van der Waals surface area contributed by atoms with Crippen molar-refractivity contribution in [3.63, 3.8) is 0 Å². The van der Waals surface area contributed by atoms with Crippen LogP contribution in [-0.2, 0) is 4.79 Å². The van der Waals surface area contributed by atoms with Gasteiger partial charge < -0.3 is 14.9 Å². The summed E-state index contributed by atoms with van der Waals surface area (Å²) in [6, 6.07) is 9.49. The zero-order chi connectivity index (χ0) is 18.7. The summed E-state index contributed by atoms with van der Waals surface area (Å²) in [5, 5.41) is 9.85. The number of nitrogens with zero attached hydrogens (tertiary/aromatic N) is 3. The van der Waals surface area contributed by atoms with Gasteiger partial charge in [0.25, 0.3) is 5.91 Å². The van der Waals surface area contributed by atoms with Crippen molar-refractivity contribution in [2.24, 2.45) is 0 Å². The first-order valence-corrected chi connectivity index (χ1v) is 9.07. The summed E-state index contributed by atoms with van der Waals surface area (Å²) in [4.78, 5) is 32.7. The Morgan fingerprint density at radius 1 is 1.27 bits per heavy atom. The number of hydrogen-bond acceptors (Lipinski definition) is 4. The van der Waals surface area contributed by atoms with Gasteiger partial charge in [-0.1, -0.05) is 18.2 Å². The fourth-order valence-corrected chi connectivity index (χ4v) is 3.58. The number of pyridine rings is 1. The van der Waals surface area contributed by atoms with Crippen molar-refractivity contribution in [3.8, 4) is 0 Å². The molecule has 6 nitrogen and oxygen atoms in total. The number of aliphatic carboxylic acids is 1. The highest BCUT2D eigenvalue weighted by Crippen LogP contribution is 2.28. The van der Waals surface area contributed by atoms with Crippen LogP contribution in [0.2, 0.25) is 0 Å². The summed E-state index contributed by atoms with van der Waals surface area (Å²) >= 11 is 0. The van der Waals surface area contributed by atoms with E-state index < -0.39 is 5.97 Å². The smallest absolute Gasteiger partial charge is 0.303 e. The van der Waals surface area contributed by atoms with Crippen LogP contribution in [0.15, 0.2) is 30.3 Å². The molecule has 0 aliphatic carbocycles. The van der Waals surface area contributed by atoms with Crippen LogP contribution >= 0.6 is 0 Å². The van der Waals surface area contributed by atoms with Gasteiger partial charge >= 0.3 is 5.97 Å². The predicted molar refractivity (Wildman–Crippen MR) is 102 cm³/mol. The number of likely N-dealkylation sites (tertiary alicyclic amines) is 1. The molecule has 1 unspecified atom stereocenters. The molecular formula is C20H25N3O3. The first kappa shape index (κ1) is 18.2. The highest BCUT2D eigenvalue weighted by atomic mass is 16.4. The Morgan fingerprint density at radius 3 is 2.77 bits per heavy atom. The first-order valence-electron chi connectivity index (χ1n) is 9.07. The molecule has 0 radical (unpaired) electrons. The number of anilines is 1. The van der Waals surface area contributed by atoms with Gasteiger partial charge in [-0.15, -0.1) is 0 Å². The van der Waals surface area contributed by atoms with Crippen molar-refractivity contribution >= 4 is 28.6 Å². The van der Waals surface area contributed by atoms with E-state index in [-0.39, 0.29) is 18.4 Å². The molecule has 1 fully saturated rings. The van der Waals surface area contributed by atoms with Gasteiger partial charge in [-0.3, -0.25) is 9.59 Å². The molecule has 3 rings (SSSR count). The maximum Gasteiger partial charge on any atom is 0.303 e. The number of carboxylic acid groups (broad SMARTS) is 1. The summed E-state index contributed by atoms with van der Waals surface area (Å²) in [6.07, 6.45) is 3.45. The Morgan fingerprint density at radius 2 is 2.04 bits per heavy atom. The molecule has 1 aliphatic rings. The Bertz CT molecular complexity index is 819. The van der Waals surface area contributed by atoms with Crippen LogP contribution in [0.1, 0.15) is 42.5 Å². The van der Waals surface area contributed by atoms with Crippen molar-refractivity contribution in [1.82, 2.24) is 9.88 Å². The van der Waals surface area contributed by atoms with Crippen LogP contribution in [-0.4, -0.2) is 53.5 Å². The Labute approximate surface area is 153 Å². The number of benzene rings is 1. The summed E-state index contributed by atoms with van der Waals surface area (Å²) in [7, 11) is 3.81. The lowest BCUT2D eigenvalue weighted by Crippen LogP contribution is -2.44. The van der Waals surface area contributed by atoms with E-state index in [1.54, 1.807) is 0 Å². The molecule has 0 spiro atoms. The molecule has 2 heterocycles. The van der Waals surface area contributed by atoms with Crippen molar-refractivity contribution < 1.29 is 14.7 Å². The summed E-state index contributed by atoms with van der Waals surface area (Å²) in [5.41, 5.74) is 1.43. The van der Waals surface area contributed by atoms with E-state index in [4.69, 9.17) is 5.11 Å². The molecule has 1 aromatic carbocycles. The Hall–Kier alpha value is -2.63. The van der Waals surface area contributed by atoms with Crippen LogP contribution in [0, 0.1) is 0 Å². The fourth-order valence-electron chi connectivity index (χ4n) is 3.58. The quantitative estimate of drug-likeness (QED) is 0.892. The number of amides is 1. The first-order chi connectivity index (χ1) is 12.5. The number of piperidine rings is 1. The van der Waals surface area contributed by atoms with Crippen LogP contribution < -0.4 is 4.90 Å². The molecule has 1 aromatic heterocycles. The molecule has 1 atom stereocenters. The molecule has 26 heavy (non-hydrogen) atoms. The second-order valence-corrected chi connectivity index (χ2v) is 7.02. The van der Waals surface area contributed by atoms with Crippen LogP contribution in [0.25, 0.3) is 10.9 Å². The fraction of sp³-hybridized carbons (Fsp3) is 0.450. The maximum absolute atomic E-state index is 13.4. The predicted octanol–water partition coefficient (Wildman–Crippen LogP) is 3.16. The van der Waals surface area contributed by atoms with Crippen molar-refractivity contribution in [3.05, 3.63) is 35.9 Å². The minimum atomic E-state index is -0.813. The van der Waals surface area contributed by atoms with Crippen LogP contribution in [0.4, 0.5) is 5.82 Å². The van der Waals surface area contributed by atoms with Crippen LogP contribution in [0.3, 0.4) is 0 Å². The number of fused-ring (bicyclic) bond motifs is 1. The van der Waals surface area contributed by atoms with Gasteiger partial charge in [-0.05, 0) is 37.8 Å². The molecule has 1 N–H and O–H groups in total. The number of hydrogen-bond donors (Lipinski definition) is 1. The second-order valence-electron chi connectivity index (χ2n) is 7.02. The topological polar surface area (TPSA) is 73.7 Å². The number of rotatable bonds is 5. The molecule has 1 aliphatic heterocycles. The van der Waals surface area contributed by atoms with Crippen LogP contribution in [0.5, 0.6) is 0 Å². The zero-order valence-electron chi connectivity index (χ0n) is 15.3. The van der Waals surface area contributed by atoms with E-state index in [1.165, 1.54) is 0 Å². The van der Waals surface area contributed by atoms with Gasteiger partial charge in [0.1, 0.15) is 5.82 Å². The number of carbonyl (C=O) groups excluding carboxylic acids is 1. The molecule has 1 saturated heterocycles. The third-order valence-corrected chi connectivity index (χ3v) is 4.97. The molecule has 2 aromatic rings. The summed E-state index contributed by atoms with van der Waals surface area (Å²) in [6.45, 7) is 0.678. The van der Waals surface area contributed by atoms with E-state index in [9.17, 15) is 9.59 Å². The standard InChI is InChI=1S/C20H25N3O3/c1-22(2)18-13-16(15-8-3-4-9-17(15)21-18)20(26)23-12-6-5-7-14(23)10-11-19(24)25/h3-4,8-9,13-14H,5-7,10-12H2,1-2H3,(H,24,25). The Kier molecular flexibility index (Phi) is 5.40. The lowest BCUT2D eigenvalue weighted by atomic mass is 9.96. The third kappa shape index (κ3) is 3.79. The third-order valence-electron chi connectivity index (χ3n) is 4.97. The van der Waals surface area contributed by atoms with E-state index >= 15 is 0 Å². The van der Waals surface area contributed by atoms with E-state index in [0.29, 0.717) is 18.5 Å². The number of carboxylic acids is 1. The van der Waals surface area contributed by atoms with Crippen molar-refractivity contribution in [1.29, 1.82) is 0 Å². The average molecular weight is 355 g/mol. The van der Waals surface area contributed by atoms with Crippen molar-refractivity contribution in [2.75, 3.05) is 25.5 Å². The number of carbonyl (C=O) groups is 2. The summed E-state index contributed by atoms with van der Waals surface area (Å²) in [5.74, 6) is -0.0971. The minimum Gasteiger partial charge on any atom is -0.481 e. The summed E-state index contributed by atoms with van der Waals surface area (Å²) < 4.78 is 0. The minimum absolute atomic E-state index is 0.0120. The van der Waals surface area contributed by atoms with Gasteiger partial charge in [0.05, 0.1) is 11.1 Å². The van der Waals surface area contributed by atoms with Gasteiger partial charge in [0, 0.05) is 38.5 Å². The van der Waals surface area contributed by atoms with E-state index in [1.807, 2.05) is 54.2 Å². The van der Waals surface area contributed by atoms with Gasteiger partial charge in [-0.2, -0.15) is 0 Å². The SMILES string of the molecule is CN(C)c1cc(C(=O)N2CCCCC2CCC(=O)O)c2ccccc2n1. The molecule has 0 saturated carbocycles. The lowest BCUT2D eigenvalue weighted by molar-refractivity contribution is -0.137. The zero-order valence-corrected chi connectivity index (χ0v) is 15.3. The molecular weight excluding hydrogens is 330 g/mol. The number of para-hydroxylation sites is 1. The lowest BCUT2D eigenvalue weighted by Gasteiger charge is -2.36. The van der Waals surface area contributed by atoms with E-state index in [0.717, 1.165) is 36.0 Å². The monoisotopic (exact) mass is 355 g/mol. The average Bonchev–Trinajstić information content (AvgIpc) is 2.65.